The molecule has 1 heterocycles. The van der Waals surface area contributed by atoms with Crippen molar-refractivity contribution >= 4 is 0 Å². The number of hydrogen-bond donors (Lipinski definition) is 1. The highest BCUT2D eigenvalue weighted by atomic mass is 15.1. The van der Waals surface area contributed by atoms with Gasteiger partial charge >= 0.3 is 0 Å². The first-order valence-electron chi connectivity index (χ1n) is 8.25. The second kappa shape index (κ2) is 6.28. The number of hydrogen-bond acceptors (Lipinski definition) is 2. The molecule has 1 aromatic rings. The minimum absolute atomic E-state index is 0.791. The Bertz CT molecular complexity index is 439. The molecule has 1 aliphatic carbocycles. The Morgan fingerprint density at radius 2 is 1.80 bits per heavy atom. The Labute approximate surface area is 123 Å². The van der Waals surface area contributed by atoms with Crippen LogP contribution in [0.15, 0.2) is 24.3 Å². The summed E-state index contributed by atoms with van der Waals surface area (Å²) in [6, 6.07) is 9.76. The van der Waals surface area contributed by atoms with Gasteiger partial charge in [-0.1, -0.05) is 38.1 Å². The number of piperidine rings is 1. The molecule has 2 nitrogen and oxygen atoms in total. The van der Waals surface area contributed by atoms with Crippen LogP contribution in [0.3, 0.4) is 0 Å². The Kier molecular flexibility index (Phi) is 4.42. The topological polar surface area (TPSA) is 15.3 Å². The molecule has 20 heavy (non-hydrogen) atoms. The van der Waals surface area contributed by atoms with Crippen molar-refractivity contribution in [3.63, 3.8) is 0 Å². The molecule has 1 N–H and O–H groups in total. The van der Waals surface area contributed by atoms with E-state index in [9.17, 15) is 0 Å². The molecule has 2 unspecified atom stereocenters. The SMILES string of the molecule is CC1CCN(Cc2ccccc2CNC2CC2)CC1C. The Balaban J connectivity index is 1.61. The average molecular weight is 272 g/mol. The highest BCUT2D eigenvalue weighted by Crippen LogP contribution is 2.25. The van der Waals surface area contributed by atoms with Crippen molar-refractivity contribution in [1.82, 2.24) is 10.2 Å². The van der Waals surface area contributed by atoms with Crippen molar-refractivity contribution < 1.29 is 0 Å². The van der Waals surface area contributed by atoms with Crippen molar-refractivity contribution in [2.75, 3.05) is 13.1 Å². The molecule has 2 fully saturated rings. The number of nitrogens with one attached hydrogen (secondary N) is 1. The van der Waals surface area contributed by atoms with Crippen LogP contribution in [-0.2, 0) is 13.1 Å². The molecule has 0 radical (unpaired) electrons. The Morgan fingerprint density at radius 3 is 2.50 bits per heavy atom. The fourth-order valence-corrected chi connectivity index (χ4v) is 3.16. The van der Waals surface area contributed by atoms with Crippen LogP contribution < -0.4 is 5.32 Å². The zero-order chi connectivity index (χ0) is 13.9. The van der Waals surface area contributed by atoms with E-state index in [0.29, 0.717) is 0 Å². The summed E-state index contributed by atoms with van der Waals surface area (Å²) in [5, 5.41) is 3.65. The molecule has 0 bridgehead atoms. The number of likely N-dealkylation sites (tertiary alicyclic amines) is 1. The first-order valence-corrected chi connectivity index (χ1v) is 8.25. The lowest BCUT2D eigenvalue weighted by molar-refractivity contribution is 0.132. The van der Waals surface area contributed by atoms with Crippen molar-refractivity contribution in [3.8, 4) is 0 Å². The second-order valence-corrected chi connectivity index (χ2v) is 6.90. The van der Waals surface area contributed by atoms with Crippen LogP contribution >= 0.6 is 0 Å². The van der Waals surface area contributed by atoms with Crippen molar-refractivity contribution in [2.45, 2.75) is 52.2 Å². The van der Waals surface area contributed by atoms with Gasteiger partial charge in [0.15, 0.2) is 0 Å². The highest BCUT2D eigenvalue weighted by molar-refractivity contribution is 5.27. The third-order valence-electron chi connectivity index (χ3n) is 5.09. The second-order valence-electron chi connectivity index (χ2n) is 6.90. The quantitative estimate of drug-likeness (QED) is 0.883. The molecule has 2 aliphatic rings. The maximum absolute atomic E-state index is 3.65. The van der Waals surface area contributed by atoms with E-state index in [0.717, 1.165) is 31.0 Å². The predicted octanol–water partition coefficient (Wildman–Crippen LogP) is 3.42. The first-order chi connectivity index (χ1) is 9.72. The lowest BCUT2D eigenvalue weighted by Crippen LogP contribution is -2.38. The number of benzene rings is 1. The Morgan fingerprint density at radius 1 is 1.05 bits per heavy atom. The van der Waals surface area contributed by atoms with Gasteiger partial charge in [0.05, 0.1) is 0 Å². The molecule has 110 valence electrons. The van der Waals surface area contributed by atoms with Gasteiger partial charge in [0.2, 0.25) is 0 Å². The molecule has 0 aromatic heterocycles. The highest BCUT2D eigenvalue weighted by Gasteiger charge is 2.23. The van der Waals surface area contributed by atoms with Crippen LogP contribution in [0.1, 0.15) is 44.2 Å². The van der Waals surface area contributed by atoms with E-state index in [1.807, 2.05) is 0 Å². The molecule has 2 atom stereocenters. The zero-order valence-electron chi connectivity index (χ0n) is 12.9. The van der Waals surface area contributed by atoms with E-state index < -0.39 is 0 Å². The summed E-state index contributed by atoms with van der Waals surface area (Å²) in [6.45, 7) is 9.48. The molecular weight excluding hydrogens is 244 g/mol. The van der Waals surface area contributed by atoms with Crippen LogP contribution in [-0.4, -0.2) is 24.0 Å². The van der Waals surface area contributed by atoms with E-state index in [4.69, 9.17) is 0 Å². The average Bonchev–Trinajstić information content (AvgIpc) is 3.26. The molecule has 0 amide bonds. The van der Waals surface area contributed by atoms with E-state index >= 15 is 0 Å². The largest absolute Gasteiger partial charge is 0.310 e. The summed E-state index contributed by atoms with van der Waals surface area (Å²) in [4.78, 5) is 2.64. The van der Waals surface area contributed by atoms with Crippen LogP contribution in [0.2, 0.25) is 0 Å². The van der Waals surface area contributed by atoms with E-state index in [2.05, 4.69) is 48.3 Å². The van der Waals surface area contributed by atoms with Crippen molar-refractivity contribution in [1.29, 1.82) is 0 Å². The molecule has 1 saturated heterocycles. The minimum atomic E-state index is 0.791. The lowest BCUT2D eigenvalue weighted by Gasteiger charge is -2.35. The van der Waals surface area contributed by atoms with Crippen LogP contribution in [0.4, 0.5) is 0 Å². The van der Waals surface area contributed by atoms with Gasteiger partial charge in [-0.25, -0.2) is 0 Å². The summed E-state index contributed by atoms with van der Waals surface area (Å²) in [5.74, 6) is 1.72. The summed E-state index contributed by atoms with van der Waals surface area (Å²) < 4.78 is 0. The molecule has 1 aliphatic heterocycles. The summed E-state index contributed by atoms with van der Waals surface area (Å²) in [6.07, 6.45) is 4.08. The van der Waals surface area contributed by atoms with Gasteiger partial charge in [0.1, 0.15) is 0 Å². The molecule has 1 saturated carbocycles. The molecular formula is C18H28N2. The Hall–Kier alpha value is -0.860. The molecule has 3 rings (SSSR count). The summed E-state index contributed by atoms with van der Waals surface area (Å²) in [5.41, 5.74) is 3.01. The third kappa shape index (κ3) is 3.62. The number of rotatable bonds is 5. The minimum Gasteiger partial charge on any atom is -0.310 e. The third-order valence-corrected chi connectivity index (χ3v) is 5.09. The van der Waals surface area contributed by atoms with E-state index in [1.54, 1.807) is 0 Å². The van der Waals surface area contributed by atoms with E-state index in [1.165, 1.54) is 43.5 Å². The van der Waals surface area contributed by atoms with Gasteiger partial charge in [-0.3, -0.25) is 4.90 Å². The monoisotopic (exact) mass is 272 g/mol. The van der Waals surface area contributed by atoms with Gasteiger partial charge in [-0.15, -0.1) is 0 Å². The van der Waals surface area contributed by atoms with Gasteiger partial charge < -0.3 is 5.32 Å². The van der Waals surface area contributed by atoms with E-state index in [-0.39, 0.29) is 0 Å². The van der Waals surface area contributed by atoms with Crippen LogP contribution in [0, 0.1) is 11.8 Å². The predicted molar refractivity (Wildman–Crippen MR) is 84.5 cm³/mol. The van der Waals surface area contributed by atoms with Gasteiger partial charge in [0.25, 0.3) is 0 Å². The van der Waals surface area contributed by atoms with Crippen LogP contribution in [0.5, 0.6) is 0 Å². The first kappa shape index (κ1) is 14.1. The zero-order valence-corrected chi connectivity index (χ0v) is 12.9. The smallest absolute Gasteiger partial charge is 0.0237 e. The van der Waals surface area contributed by atoms with Crippen LogP contribution in [0.25, 0.3) is 0 Å². The van der Waals surface area contributed by atoms with Gasteiger partial charge in [-0.05, 0) is 48.8 Å². The van der Waals surface area contributed by atoms with Crippen molar-refractivity contribution in [2.24, 2.45) is 11.8 Å². The summed E-state index contributed by atoms with van der Waals surface area (Å²) in [7, 11) is 0. The molecule has 1 aromatic carbocycles. The lowest BCUT2D eigenvalue weighted by atomic mass is 9.88. The van der Waals surface area contributed by atoms with Gasteiger partial charge in [0, 0.05) is 25.7 Å². The van der Waals surface area contributed by atoms with Gasteiger partial charge in [-0.2, -0.15) is 0 Å². The normalized spacial score (nSPS) is 27.7. The standard InChI is InChI=1S/C18H28N2/c1-14-9-10-20(12-15(14)2)13-17-6-4-3-5-16(17)11-19-18-7-8-18/h3-6,14-15,18-19H,7-13H2,1-2H3. The number of nitrogens with zero attached hydrogens (tertiary/aromatic N) is 1. The summed E-state index contributed by atoms with van der Waals surface area (Å²) >= 11 is 0. The molecule has 2 heteroatoms. The maximum atomic E-state index is 3.65. The fourth-order valence-electron chi connectivity index (χ4n) is 3.16. The maximum Gasteiger partial charge on any atom is 0.0237 e. The molecule has 0 spiro atoms. The van der Waals surface area contributed by atoms with Crippen molar-refractivity contribution in [3.05, 3.63) is 35.4 Å². The fraction of sp³-hybridized carbons (Fsp3) is 0.667.